The van der Waals surface area contributed by atoms with E-state index >= 15 is 0 Å². The van der Waals surface area contributed by atoms with Gasteiger partial charge in [-0.15, -0.1) is 0 Å². The molecule has 0 spiro atoms. The number of rotatable bonds is 12. The van der Waals surface area contributed by atoms with E-state index in [1.807, 2.05) is 77.1 Å². The van der Waals surface area contributed by atoms with Gasteiger partial charge in [-0.2, -0.15) is 8.42 Å². The number of nitrogens with two attached hydrogens (primary N) is 1. The lowest BCUT2D eigenvalue weighted by atomic mass is 9.82. The maximum atomic E-state index is 13.3. The van der Waals surface area contributed by atoms with Crippen LogP contribution in [0.2, 0.25) is 0 Å². The van der Waals surface area contributed by atoms with Crippen LogP contribution in [0.15, 0.2) is 77.2 Å². The van der Waals surface area contributed by atoms with Crippen molar-refractivity contribution in [3.05, 3.63) is 83.4 Å². The van der Waals surface area contributed by atoms with Crippen molar-refractivity contribution < 1.29 is 32.6 Å². The average Bonchev–Trinajstić information content (AvgIpc) is 2.96. The Balaban J connectivity index is 0.000000733. The van der Waals surface area contributed by atoms with Crippen LogP contribution in [0.5, 0.6) is 0 Å². The molecule has 11 nitrogen and oxygen atoms in total. The van der Waals surface area contributed by atoms with E-state index in [4.69, 9.17) is 10.3 Å². The summed E-state index contributed by atoms with van der Waals surface area (Å²) >= 11 is 0. The van der Waals surface area contributed by atoms with Crippen LogP contribution in [0.1, 0.15) is 58.6 Å². The molecule has 0 saturated heterocycles. The second kappa shape index (κ2) is 18.7. The van der Waals surface area contributed by atoms with Crippen LogP contribution in [-0.4, -0.2) is 53.5 Å². The highest BCUT2D eigenvalue weighted by molar-refractivity contribution is 7.85. The molecule has 12 heteroatoms. The summed E-state index contributed by atoms with van der Waals surface area (Å²) in [6, 6.07) is 14.8. The molecule has 0 aliphatic carbocycles. The van der Waals surface area contributed by atoms with Crippen LogP contribution in [0, 0.1) is 24.7 Å². The first-order valence-corrected chi connectivity index (χ1v) is 15.7. The molecule has 242 valence electrons. The first kappa shape index (κ1) is 38.2. The molecule has 0 unspecified atom stereocenters. The second-order valence-electron chi connectivity index (χ2n) is 11.2. The van der Waals surface area contributed by atoms with Crippen LogP contribution in [0.4, 0.5) is 0 Å². The summed E-state index contributed by atoms with van der Waals surface area (Å²) in [5.41, 5.74) is 13.0. The van der Waals surface area contributed by atoms with Gasteiger partial charge in [-0.05, 0) is 64.2 Å². The lowest BCUT2D eigenvalue weighted by Crippen LogP contribution is -2.54. The fraction of sp³-hybridized carbons (Fsp3) is 0.406. The fourth-order valence-corrected chi connectivity index (χ4v) is 4.53. The Bertz CT molecular complexity index is 1370. The summed E-state index contributed by atoms with van der Waals surface area (Å²) in [5, 5.41) is 10.5. The lowest BCUT2D eigenvalue weighted by Gasteiger charge is -2.30. The van der Waals surface area contributed by atoms with Crippen molar-refractivity contribution >= 4 is 33.9 Å². The minimum atomic E-state index is -4.02. The molecule has 3 atom stereocenters. The van der Waals surface area contributed by atoms with Gasteiger partial charge in [0, 0.05) is 0 Å². The van der Waals surface area contributed by atoms with Gasteiger partial charge in [-0.1, -0.05) is 85.7 Å². The molecule has 0 bridgehead atoms. The number of nitrogens with one attached hydrogen (secondary N) is 2. The number of aryl methyl sites for hydroxylation is 1. The standard InChI is InChI=1S/C25H38N4O4.C7H8O3S/c1-17(2)14-15-29(25(32)19(5)26)27-23(30)22(16-18(3)4)21(24(31)28-33)13-9-12-20-10-7-6-8-11-20;1-6-2-4-7(5-3-6)11(8,9)10/h6-12,14,18-19,21-22,33H,13,15-16,26H2,1-5H3,(H,27,30)(H,28,31);2-5H,1H3,(H,8,9,10)/b12-9+;/t19-,21+,22-;/m1./s1. The fourth-order valence-electron chi connectivity index (χ4n) is 4.05. The minimum Gasteiger partial charge on any atom is -0.320 e. The van der Waals surface area contributed by atoms with Crippen molar-refractivity contribution in [2.75, 3.05) is 6.54 Å². The predicted molar refractivity (Wildman–Crippen MR) is 170 cm³/mol. The van der Waals surface area contributed by atoms with Crippen molar-refractivity contribution in [2.24, 2.45) is 23.5 Å². The zero-order valence-corrected chi connectivity index (χ0v) is 27.0. The summed E-state index contributed by atoms with van der Waals surface area (Å²) in [4.78, 5) is 38.3. The Kier molecular flexibility index (Phi) is 16.3. The molecule has 6 N–H and O–H groups in total. The largest absolute Gasteiger partial charge is 0.320 e. The topological polar surface area (TPSA) is 179 Å². The van der Waals surface area contributed by atoms with Crippen molar-refractivity contribution in [2.45, 2.75) is 65.3 Å². The monoisotopic (exact) mass is 630 g/mol. The summed E-state index contributed by atoms with van der Waals surface area (Å²) in [7, 11) is -4.02. The van der Waals surface area contributed by atoms with Crippen molar-refractivity contribution in [1.82, 2.24) is 15.9 Å². The number of carbonyl (C=O) groups is 3. The van der Waals surface area contributed by atoms with Crippen LogP contribution in [0.3, 0.4) is 0 Å². The molecule has 0 radical (unpaired) electrons. The van der Waals surface area contributed by atoms with Gasteiger partial charge in [0.05, 0.1) is 29.3 Å². The molecule has 0 aromatic heterocycles. The number of hydrogen-bond donors (Lipinski definition) is 5. The predicted octanol–water partition coefficient (Wildman–Crippen LogP) is 4.29. The Morgan fingerprint density at radius 3 is 2.02 bits per heavy atom. The molecule has 2 aromatic rings. The van der Waals surface area contributed by atoms with Crippen molar-refractivity contribution in [3.63, 3.8) is 0 Å². The van der Waals surface area contributed by atoms with Crippen LogP contribution >= 0.6 is 0 Å². The van der Waals surface area contributed by atoms with E-state index < -0.39 is 45.7 Å². The number of nitrogens with zero attached hydrogens (tertiary/aromatic N) is 1. The summed E-state index contributed by atoms with van der Waals surface area (Å²) in [6.07, 6.45) is 6.11. The molecule has 3 amide bonds. The molecular formula is C32H46N4O7S. The smallest absolute Gasteiger partial charge is 0.294 e. The third kappa shape index (κ3) is 14.1. The van der Waals surface area contributed by atoms with Gasteiger partial charge in [0.1, 0.15) is 0 Å². The SMILES string of the molecule is CC(C)=CCN(NC(=O)[C@H](CC(C)C)[C@H](C/C=C/c1ccccc1)C(=O)NO)C(=O)[C@@H](C)N.Cc1ccc(S(=O)(=O)O)cc1. The third-order valence-corrected chi connectivity index (χ3v) is 7.26. The van der Waals surface area contributed by atoms with E-state index in [-0.39, 0.29) is 23.8 Å². The number of hydrogen-bond acceptors (Lipinski definition) is 7. The van der Waals surface area contributed by atoms with Gasteiger partial charge in [0.25, 0.3) is 16.0 Å². The van der Waals surface area contributed by atoms with Gasteiger partial charge < -0.3 is 5.73 Å². The number of carbonyl (C=O) groups excluding carboxylic acids is 3. The van der Waals surface area contributed by atoms with Gasteiger partial charge in [0.15, 0.2) is 0 Å². The number of benzene rings is 2. The minimum absolute atomic E-state index is 0.0666. The Morgan fingerprint density at radius 1 is 0.955 bits per heavy atom. The normalized spacial score (nSPS) is 13.2. The van der Waals surface area contributed by atoms with E-state index in [0.29, 0.717) is 6.42 Å². The summed E-state index contributed by atoms with van der Waals surface area (Å²) < 4.78 is 29.6. The lowest BCUT2D eigenvalue weighted by molar-refractivity contribution is -0.147. The highest BCUT2D eigenvalue weighted by atomic mass is 32.2. The molecule has 0 aliphatic rings. The molecule has 0 saturated carbocycles. The average molecular weight is 631 g/mol. The first-order valence-electron chi connectivity index (χ1n) is 14.3. The van der Waals surface area contributed by atoms with Crippen molar-refractivity contribution in [1.29, 1.82) is 0 Å². The van der Waals surface area contributed by atoms with Crippen molar-refractivity contribution in [3.8, 4) is 0 Å². The number of hydroxylamine groups is 1. The van der Waals surface area contributed by atoms with Gasteiger partial charge in [-0.3, -0.25) is 29.6 Å². The van der Waals surface area contributed by atoms with Gasteiger partial charge in [-0.25, -0.2) is 10.5 Å². The highest BCUT2D eigenvalue weighted by Crippen LogP contribution is 2.25. The van der Waals surface area contributed by atoms with Crippen LogP contribution < -0.4 is 16.6 Å². The van der Waals surface area contributed by atoms with E-state index in [2.05, 4.69) is 5.43 Å². The summed E-state index contributed by atoms with van der Waals surface area (Å²) in [6.45, 7) is 11.2. The van der Waals surface area contributed by atoms with E-state index in [9.17, 15) is 28.0 Å². The maximum absolute atomic E-state index is 13.3. The van der Waals surface area contributed by atoms with Crippen LogP contribution in [0.25, 0.3) is 6.08 Å². The van der Waals surface area contributed by atoms with Crippen LogP contribution in [-0.2, 0) is 24.5 Å². The van der Waals surface area contributed by atoms with Gasteiger partial charge >= 0.3 is 0 Å². The molecule has 2 aromatic carbocycles. The molecule has 2 rings (SSSR count). The van der Waals surface area contributed by atoms with E-state index in [0.717, 1.165) is 16.7 Å². The maximum Gasteiger partial charge on any atom is 0.294 e. The van der Waals surface area contributed by atoms with E-state index in [1.54, 1.807) is 30.6 Å². The number of hydrazine groups is 1. The molecule has 0 fully saturated rings. The second-order valence-corrected chi connectivity index (χ2v) is 12.6. The number of amides is 3. The first-order chi connectivity index (χ1) is 20.6. The highest BCUT2D eigenvalue weighted by Gasteiger charge is 2.35. The zero-order chi connectivity index (χ0) is 33.4. The quantitative estimate of drug-likeness (QED) is 0.0997. The number of allylic oxidation sites excluding steroid dienone is 2. The molecular weight excluding hydrogens is 584 g/mol. The van der Waals surface area contributed by atoms with Gasteiger partial charge in [0.2, 0.25) is 11.8 Å². The molecule has 44 heavy (non-hydrogen) atoms. The summed E-state index contributed by atoms with van der Waals surface area (Å²) in [5.74, 6) is -3.05. The Hall–Kier alpha value is -3.84. The molecule has 0 aliphatic heterocycles. The Morgan fingerprint density at radius 2 is 1.55 bits per heavy atom. The Labute approximate surface area is 260 Å². The zero-order valence-electron chi connectivity index (χ0n) is 26.2. The molecule has 0 heterocycles. The third-order valence-electron chi connectivity index (χ3n) is 6.40. The van der Waals surface area contributed by atoms with E-state index in [1.165, 1.54) is 17.1 Å².